The highest BCUT2D eigenvalue weighted by molar-refractivity contribution is 5.90. The smallest absolute Gasteiger partial charge is 0.305 e. The number of hydrogen-bond donors (Lipinski definition) is 0. The SMILES string of the molecule is COC(=O)CCCCCCN1C(=O)CCC1/C=C/C(=O)CCCCc1ccccc1. The minimum Gasteiger partial charge on any atom is -0.469 e. The van der Waals surface area contributed by atoms with Crippen molar-refractivity contribution >= 4 is 17.7 Å². The summed E-state index contributed by atoms with van der Waals surface area (Å²) in [6, 6.07) is 10.4. The lowest BCUT2D eigenvalue weighted by molar-refractivity contribution is -0.140. The van der Waals surface area contributed by atoms with E-state index in [0.717, 1.165) is 57.9 Å². The Kier molecular flexibility index (Phi) is 10.9. The van der Waals surface area contributed by atoms with E-state index < -0.39 is 0 Å². The Hall–Kier alpha value is -2.43. The number of unbranched alkanes of at least 4 members (excludes halogenated alkanes) is 4. The maximum absolute atomic E-state index is 12.2. The second kappa shape index (κ2) is 13.7. The van der Waals surface area contributed by atoms with E-state index >= 15 is 0 Å². The van der Waals surface area contributed by atoms with Crippen molar-refractivity contribution < 1.29 is 19.1 Å². The highest BCUT2D eigenvalue weighted by atomic mass is 16.5. The molecule has 1 heterocycles. The number of rotatable bonds is 14. The molecule has 0 saturated carbocycles. The molecule has 1 atom stereocenters. The third-order valence-corrected chi connectivity index (χ3v) is 5.62. The molecule has 1 aliphatic heterocycles. The van der Waals surface area contributed by atoms with Crippen molar-refractivity contribution in [2.75, 3.05) is 13.7 Å². The monoisotopic (exact) mass is 413 g/mol. The van der Waals surface area contributed by atoms with E-state index in [1.165, 1.54) is 12.7 Å². The summed E-state index contributed by atoms with van der Waals surface area (Å²) >= 11 is 0. The Bertz CT molecular complexity index is 698. The molecule has 0 aromatic heterocycles. The fraction of sp³-hybridized carbons (Fsp3) is 0.560. The highest BCUT2D eigenvalue weighted by Gasteiger charge is 2.28. The van der Waals surface area contributed by atoms with Crippen LogP contribution in [0.25, 0.3) is 0 Å². The summed E-state index contributed by atoms with van der Waals surface area (Å²) in [6.07, 6.45) is 12.5. The van der Waals surface area contributed by atoms with Gasteiger partial charge in [0.1, 0.15) is 0 Å². The Morgan fingerprint density at radius 1 is 1.03 bits per heavy atom. The first-order valence-corrected chi connectivity index (χ1v) is 11.2. The molecular weight excluding hydrogens is 378 g/mol. The number of carbonyl (C=O) groups excluding carboxylic acids is 3. The van der Waals surface area contributed by atoms with Crippen molar-refractivity contribution in [2.45, 2.75) is 76.7 Å². The number of benzene rings is 1. The average Bonchev–Trinajstić information content (AvgIpc) is 3.12. The van der Waals surface area contributed by atoms with Crippen LogP contribution in [0.3, 0.4) is 0 Å². The second-order valence-electron chi connectivity index (χ2n) is 7.95. The van der Waals surface area contributed by atoms with Crippen LogP contribution in [0.1, 0.15) is 69.8 Å². The summed E-state index contributed by atoms with van der Waals surface area (Å²) in [4.78, 5) is 37.4. The average molecular weight is 414 g/mol. The summed E-state index contributed by atoms with van der Waals surface area (Å²) in [6.45, 7) is 0.720. The molecular formula is C25H35NO4. The van der Waals surface area contributed by atoms with E-state index in [1.807, 2.05) is 29.2 Å². The van der Waals surface area contributed by atoms with Crippen LogP contribution in [-0.4, -0.2) is 42.3 Å². The van der Waals surface area contributed by atoms with Crippen molar-refractivity contribution in [1.29, 1.82) is 0 Å². The summed E-state index contributed by atoms with van der Waals surface area (Å²) in [5.41, 5.74) is 1.31. The largest absolute Gasteiger partial charge is 0.469 e. The van der Waals surface area contributed by atoms with E-state index in [4.69, 9.17) is 0 Å². The number of allylic oxidation sites excluding steroid dienone is 1. The number of hydrogen-bond acceptors (Lipinski definition) is 4. The summed E-state index contributed by atoms with van der Waals surface area (Å²) in [5, 5.41) is 0. The van der Waals surface area contributed by atoms with Gasteiger partial charge in [-0.05, 0) is 50.2 Å². The van der Waals surface area contributed by atoms with E-state index in [0.29, 0.717) is 19.3 Å². The van der Waals surface area contributed by atoms with Crippen LogP contribution < -0.4 is 0 Å². The van der Waals surface area contributed by atoms with Crippen LogP contribution in [0.4, 0.5) is 0 Å². The van der Waals surface area contributed by atoms with E-state index in [-0.39, 0.29) is 23.7 Å². The third-order valence-electron chi connectivity index (χ3n) is 5.62. The van der Waals surface area contributed by atoms with Crippen molar-refractivity contribution in [3.8, 4) is 0 Å². The standard InChI is InChI=1S/C25H35NO4/c1-30-25(29)15-7-2-3-10-20-26-22(17-19-24(26)28)16-18-23(27)14-9-8-13-21-11-5-4-6-12-21/h4-6,11-12,16,18,22H,2-3,7-10,13-15,17,19-20H2,1H3/b18-16+. The molecule has 0 N–H and O–H groups in total. The number of ether oxygens (including phenoxy) is 1. The quantitative estimate of drug-likeness (QED) is 0.253. The third kappa shape index (κ3) is 8.93. The molecule has 1 saturated heterocycles. The maximum Gasteiger partial charge on any atom is 0.305 e. The van der Waals surface area contributed by atoms with Gasteiger partial charge in [-0.3, -0.25) is 14.4 Å². The predicted octanol–water partition coefficient (Wildman–Crippen LogP) is 4.64. The fourth-order valence-electron chi connectivity index (χ4n) is 3.83. The van der Waals surface area contributed by atoms with Gasteiger partial charge in [0, 0.05) is 25.8 Å². The van der Waals surface area contributed by atoms with Gasteiger partial charge in [0.15, 0.2) is 5.78 Å². The lowest BCUT2D eigenvalue weighted by Gasteiger charge is -2.22. The number of aryl methyl sites for hydroxylation is 1. The van der Waals surface area contributed by atoms with E-state index in [9.17, 15) is 14.4 Å². The predicted molar refractivity (Wildman–Crippen MR) is 118 cm³/mol. The van der Waals surface area contributed by atoms with Gasteiger partial charge >= 0.3 is 5.97 Å². The number of amides is 1. The zero-order valence-corrected chi connectivity index (χ0v) is 18.2. The van der Waals surface area contributed by atoms with Gasteiger partial charge in [-0.2, -0.15) is 0 Å². The lowest BCUT2D eigenvalue weighted by Crippen LogP contribution is -2.32. The van der Waals surface area contributed by atoms with Gasteiger partial charge in [0.05, 0.1) is 13.2 Å². The molecule has 1 aliphatic rings. The molecule has 1 aromatic carbocycles. The van der Waals surface area contributed by atoms with Gasteiger partial charge in [0.2, 0.25) is 5.91 Å². The Morgan fingerprint density at radius 3 is 2.53 bits per heavy atom. The molecule has 0 bridgehead atoms. The molecule has 0 spiro atoms. The van der Waals surface area contributed by atoms with Gasteiger partial charge in [-0.1, -0.05) is 49.2 Å². The molecule has 30 heavy (non-hydrogen) atoms. The minimum absolute atomic E-state index is 0.0424. The topological polar surface area (TPSA) is 63.7 Å². The Labute approximate surface area is 180 Å². The molecule has 5 nitrogen and oxygen atoms in total. The first-order chi connectivity index (χ1) is 14.6. The van der Waals surface area contributed by atoms with Crippen molar-refractivity contribution in [1.82, 2.24) is 4.90 Å². The Balaban J connectivity index is 1.63. The van der Waals surface area contributed by atoms with Gasteiger partial charge < -0.3 is 9.64 Å². The molecule has 0 aliphatic carbocycles. The summed E-state index contributed by atoms with van der Waals surface area (Å²) in [7, 11) is 1.41. The number of ketones is 1. The lowest BCUT2D eigenvalue weighted by atomic mass is 10.1. The van der Waals surface area contributed by atoms with E-state index in [1.54, 1.807) is 6.08 Å². The number of nitrogens with zero attached hydrogens (tertiary/aromatic N) is 1. The number of methoxy groups -OCH3 is 1. The van der Waals surface area contributed by atoms with Crippen LogP contribution in [0.15, 0.2) is 42.5 Å². The molecule has 0 radical (unpaired) electrons. The molecule has 5 heteroatoms. The van der Waals surface area contributed by atoms with E-state index in [2.05, 4.69) is 16.9 Å². The zero-order chi connectivity index (χ0) is 21.6. The van der Waals surface area contributed by atoms with Crippen molar-refractivity contribution in [3.63, 3.8) is 0 Å². The first kappa shape index (κ1) is 23.8. The molecule has 1 fully saturated rings. The van der Waals surface area contributed by atoms with Crippen molar-refractivity contribution in [3.05, 3.63) is 48.0 Å². The summed E-state index contributed by atoms with van der Waals surface area (Å²) < 4.78 is 4.64. The van der Waals surface area contributed by atoms with Gasteiger partial charge in [-0.25, -0.2) is 0 Å². The maximum atomic E-state index is 12.2. The molecule has 2 rings (SSSR count). The molecule has 164 valence electrons. The Morgan fingerprint density at radius 2 is 1.77 bits per heavy atom. The fourth-order valence-corrected chi connectivity index (χ4v) is 3.83. The first-order valence-electron chi connectivity index (χ1n) is 11.2. The van der Waals surface area contributed by atoms with Gasteiger partial charge in [0.25, 0.3) is 0 Å². The van der Waals surface area contributed by atoms with Crippen LogP contribution in [0.5, 0.6) is 0 Å². The van der Waals surface area contributed by atoms with Crippen LogP contribution in [0, 0.1) is 0 Å². The highest BCUT2D eigenvalue weighted by Crippen LogP contribution is 2.21. The zero-order valence-electron chi connectivity index (χ0n) is 18.2. The molecule has 1 aromatic rings. The minimum atomic E-state index is -0.167. The number of carbonyl (C=O) groups is 3. The molecule has 1 amide bonds. The molecule has 1 unspecified atom stereocenters. The van der Waals surface area contributed by atoms with Crippen molar-refractivity contribution in [2.24, 2.45) is 0 Å². The van der Waals surface area contributed by atoms with Crippen LogP contribution in [-0.2, 0) is 25.5 Å². The van der Waals surface area contributed by atoms with Crippen LogP contribution in [0.2, 0.25) is 0 Å². The van der Waals surface area contributed by atoms with Gasteiger partial charge in [-0.15, -0.1) is 0 Å². The number of esters is 1. The normalized spacial score (nSPS) is 16.4. The summed E-state index contributed by atoms with van der Waals surface area (Å²) in [5.74, 6) is 0.152. The van der Waals surface area contributed by atoms with Crippen LogP contribution >= 0.6 is 0 Å². The number of likely N-dealkylation sites (tertiary alicyclic amines) is 1. The second-order valence-corrected chi connectivity index (χ2v) is 7.95.